The molecule has 2 aromatic rings. The molecule has 4 rings (SSSR count). The van der Waals surface area contributed by atoms with Crippen molar-refractivity contribution in [3.63, 3.8) is 0 Å². The Bertz CT molecular complexity index is 755. The second kappa shape index (κ2) is 8.10. The highest BCUT2D eigenvalue weighted by molar-refractivity contribution is 5.87. The molecule has 1 aliphatic heterocycles. The summed E-state index contributed by atoms with van der Waals surface area (Å²) in [6.45, 7) is 6.63. The van der Waals surface area contributed by atoms with Gasteiger partial charge in [-0.25, -0.2) is 9.97 Å². The first-order valence-electron chi connectivity index (χ1n) is 10.4. The molecule has 7 nitrogen and oxygen atoms in total. The molecule has 0 atom stereocenters. The van der Waals surface area contributed by atoms with Gasteiger partial charge in [-0.3, -0.25) is 9.58 Å². The molecule has 1 saturated carbocycles. The van der Waals surface area contributed by atoms with Gasteiger partial charge >= 0.3 is 0 Å². The highest BCUT2D eigenvalue weighted by atomic mass is 15.3. The SMILES string of the molecule is CN(C)CCCN1CCN(c2nc(C3CCCC3)nc3c2cnn3C)CC1. The number of piperazine rings is 1. The lowest BCUT2D eigenvalue weighted by atomic mass is 10.1. The Morgan fingerprint density at radius 2 is 1.81 bits per heavy atom. The van der Waals surface area contributed by atoms with E-state index in [2.05, 4.69) is 33.9 Å². The zero-order valence-electron chi connectivity index (χ0n) is 17.1. The molecule has 2 fully saturated rings. The van der Waals surface area contributed by atoms with Crippen molar-refractivity contribution >= 4 is 16.9 Å². The topological polar surface area (TPSA) is 53.3 Å². The van der Waals surface area contributed by atoms with Gasteiger partial charge in [-0.05, 0) is 46.4 Å². The fourth-order valence-corrected chi connectivity index (χ4v) is 4.43. The summed E-state index contributed by atoms with van der Waals surface area (Å²) in [5, 5.41) is 5.56. The van der Waals surface area contributed by atoms with Crippen LogP contribution < -0.4 is 4.90 Å². The zero-order chi connectivity index (χ0) is 18.8. The summed E-state index contributed by atoms with van der Waals surface area (Å²) in [5.41, 5.74) is 0.982. The number of aryl methyl sites for hydroxylation is 1. The van der Waals surface area contributed by atoms with Crippen LogP contribution in [0.3, 0.4) is 0 Å². The minimum Gasteiger partial charge on any atom is -0.353 e. The maximum absolute atomic E-state index is 5.07. The van der Waals surface area contributed by atoms with Gasteiger partial charge in [0.2, 0.25) is 0 Å². The highest BCUT2D eigenvalue weighted by Gasteiger charge is 2.26. The van der Waals surface area contributed by atoms with Gasteiger partial charge in [0.25, 0.3) is 0 Å². The van der Waals surface area contributed by atoms with Crippen LogP contribution in [0, 0.1) is 0 Å². The van der Waals surface area contributed by atoms with Crippen LogP contribution >= 0.6 is 0 Å². The number of anilines is 1. The number of fused-ring (bicyclic) bond motifs is 1. The monoisotopic (exact) mass is 371 g/mol. The lowest BCUT2D eigenvalue weighted by Gasteiger charge is -2.36. The lowest BCUT2D eigenvalue weighted by molar-refractivity contribution is 0.242. The van der Waals surface area contributed by atoms with E-state index in [1.54, 1.807) is 0 Å². The first-order chi connectivity index (χ1) is 13.1. The first-order valence-corrected chi connectivity index (χ1v) is 10.4. The molecule has 0 amide bonds. The predicted octanol–water partition coefficient (Wildman–Crippen LogP) is 2.09. The molecular formula is C20H33N7. The largest absolute Gasteiger partial charge is 0.353 e. The third-order valence-electron chi connectivity index (χ3n) is 6.06. The normalized spacial score (nSPS) is 19.6. The second-order valence-electron chi connectivity index (χ2n) is 8.38. The molecule has 148 valence electrons. The summed E-state index contributed by atoms with van der Waals surface area (Å²) in [6, 6.07) is 0. The van der Waals surface area contributed by atoms with Crippen LogP contribution in [0.15, 0.2) is 6.20 Å². The minimum atomic E-state index is 0.523. The maximum Gasteiger partial charge on any atom is 0.163 e. The van der Waals surface area contributed by atoms with Crippen molar-refractivity contribution in [2.24, 2.45) is 7.05 Å². The zero-order valence-corrected chi connectivity index (χ0v) is 17.1. The van der Waals surface area contributed by atoms with Crippen LogP contribution in [-0.2, 0) is 7.05 Å². The highest BCUT2D eigenvalue weighted by Crippen LogP contribution is 2.35. The van der Waals surface area contributed by atoms with E-state index in [-0.39, 0.29) is 0 Å². The van der Waals surface area contributed by atoms with Gasteiger partial charge in [-0.1, -0.05) is 12.8 Å². The number of hydrogen-bond acceptors (Lipinski definition) is 6. The van der Waals surface area contributed by atoms with Gasteiger partial charge in [0, 0.05) is 39.1 Å². The van der Waals surface area contributed by atoms with Gasteiger partial charge in [0.05, 0.1) is 11.6 Å². The third kappa shape index (κ3) is 4.09. The number of hydrogen-bond donors (Lipinski definition) is 0. The molecule has 1 aliphatic carbocycles. The van der Waals surface area contributed by atoms with Crippen molar-refractivity contribution in [2.45, 2.75) is 38.0 Å². The van der Waals surface area contributed by atoms with E-state index in [1.165, 1.54) is 38.6 Å². The molecule has 7 heteroatoms. The van der Waals surface area contributed by atoms with Crippen molar-refractivity contribution in [1.29, 1.82) is 0 Å². The van der Waals surface area contributed by atoms with Gasteiger partial charge < -0.3 is 9.80 Å². The molecular weight excluding hydrogens is 338 g/mol. The Kier molecular flexibility index (Phi) is 5.59. The predicted molar refractivity (Wildman–Crippen MR) is 109 cm³/mol. The minimum absolute atomic E-state index is 0.523. The summed E-state index contributed by atoms with van der Waals surface area (Å²) < 4.78 is 1.90. The van der Waals surface area contributed by atoms with E-state index >= 15 is 0 Å². The maximum atomic E-state index is 5.07. The van der Waals surface area contributed by atoms with Gasteiger partial charge in [-0.2, -0.15) is 5.10 Å². The van der Waals surface area contributed by atoms with E-state index < -0.39 is 0 Å². The van der Waals surface area contributed by atoms with Crippen molar-refractivity contribution < 1.29 is 0 Å². The van der Waals surface area contributed by atoms with Crippen LogP contribution in [0.4, 0.5) is 5.82 Å². The van der Waals surface area contributed by atoms with E-state index in [1.807, 2.05) is 17.9 Å². The summed E-state index contributed by atoms with van der Waals surface area (Å²) in [6.07, 6.45) is 8.23. The summed E-state index contributed by atoms with van der Waals surface area (Å²) >= 11 is 0. The Hall–Kier alpha value is -1.73. The Labute approximate surface area is 162 Å². The molecule has 0 unspecified atom stereocenters. The van der Waals surface area contributed by atoms with Crippen molar-refractivity contribution in [1.82, 2.24) is 29.5 Å². The van der Waals surface area contributed by atoms with Crippen LogP contribution in [0.1, 0.15) is 43.8 Å². The summed E-state index contributed by atoms with van der Waals surface area (Å²) in [4.78, 5) is 17.3. The molecule has 0 spiro atoms. The fourth-order valence-electron chi connectivity index (χ4n) is 4.43. The van der Waals surface area contributed by atoms with Crippen molar-refractivity contribution in [3.8, 4) is 0 Å². The molecule has 2 aliphatic rings. The summed E-state index contributed by atoms with van der Waals surface area (Å²) in [7, 11) is 6.28. The molecule has 1 saturated heterocycles. The third-order valence-corrected chi connectivity index (χ3v) is 6.06. The first kappa shape index (κ1) is 18.6. The molecule has 0 radical (unpaired) electrons. The summed E-state index contributed by atoms with van der Waals surface area (Å²) in [5.74, 6) is 2.66. The van der Waals surface area contributed by atoms with Crippen LogP contribution in [0.25, 0.3) is 11.0 Å². The van der Waals surface area contributed by atoms with Gasteiger partial charge in [0.15, 0.2) is 5.65 Å². The van der Waals surface area contributed by atoms with Crippen molar-refractivity contribution in [3.05, 3.63) is 12.0 Å². The lowest BCUT2D eigenvalue weighted by Crippen LogP contribution is -2.47. The average Bonchev–Trinajstić information content (AvgIpc) is 3.32. The molecule has 0 N–H and O–H groups in total. The van der Waals surface area contributed by atoms with E-state index in [9.17, 15) is 0 Å². The van der Waals surface area contributed by atoms with E-state index in [0.29, 0.717) is 5.92 Å². The van der Waals surface area contributed by atoms with Crippen LogP contribution in [0.5, 0.6) is 0 Å². The molecule has 0 aromatic carbocycles. The number of rotatable bonds is 6. The molecule has 0 bridgehead atoms. The van der Waals surface area contributed by atoms with E-state index in [4.69, 9.17) is 9.97 Å². The number of aromatic nitrogens is 4. The van der Waals surface area contributed by atoms with Gasteiger partial charge in [0.1, 0.15) is 11.6 Å². The quantitative estimate of drug-likeness (QED) is 0.775. The van der Waals surface area contributed by atoms with Crippen molar-refractivity contribution in [2.75, 3.05) is 58.3 Å². The Balaban J connectivity index is 1.50. The standard InChI is InChI=1S/C20H33N7/c1-24(2)9-6-10-26-11-13-27(14-12-26)20-17-15-21-25(3)19(17)22-18(23-20)16-7-4-5-8-16/h15-16H,4-14H2,1-3H3. The Morgan fingerprint density at radius 1 is 1.07 bits per heavy atom. The molecule has 3 heterocycles. The smallest absolute Gasteiger partial charge is 0.163 e. The number of nitrogens with zero attached hydrogens (tertiary/aromatic N) is 7. The fraction of sp³-hybridized carbons (Fsp3) is 0.750. The molecule has 2 aromatic heterocycles. The van der Waals surface area contributed by atoms with E-state index in [0.717, 1.165) is 55.4 Å². The Morgan fingerprint density at radius 3 is 2.52 bits per heavy atom. The second-order valence-corrected chi connectivity index (χ2v) is 8.38. The van der Waals surface area contributed by atoms with Gasteiger partial charge in [-0.15, -0.1) is 0 Å². The molecule has 27 heavy (non-hydrogen) atoms. The average molecular weight is 372 g/mol. The van der Waals surface area contributed by atoms with Crippen LogP contribution in [0.2, 0.25) is 0 Å². The van der Waals surface area contributed by atoms with Crippen LogP contribution in [-0.4, -0.2) is 82.9 Å².